The van der Waals surface area contributed by atoms with E-state index in [1.807, 2.05) is 0 Å². The molecule has 1 aliphatic rings. The first-order chi connectivity index (χ1) is 13.3. The molecule has 11 heteroatoms. The molecule has 0 saturated heterocycles. The molecule has 0 unspecified atom stereocenters. The zero-order valence-corrected chi connectivity index (χ0v) is 15.8. The highest BCUT2D eigenvalue weighted by atomic mass is 32.2. The van der Waals surface area contributed by atoms with Gasteiger partial charge in [0.05, 0.1) is 24.1 Å². The van der Waals surface area contributed by atoms with E-state index >= 15 is 0 Å². The third-order valence-electron chi connectivity index (χ3n) is 4.21. The van der Waals surface area contributed by atoms with Crippen LogP contribution < -0.4 is 5.32 Å². The molecule has 4 rings (SSSR count). The maximum atomic E-state index is 14.0. The highest BCUT2D eigenvalue weighted by Gasteiger charge is 2.32. The maximum Gasteiger partial charge on any atom is 0.260 e. The highest BCUT2D eigenvalue weighted by Crippen LogP contribution is 2.32. The Kier molecular flexibility index (Phi) is 4.73. The van der Waals surface area contributed by atoms with E-state index in [0.29, 0.717) is 33.8 Å². The molecule has 3 aromatic rings. The number of furan rings is 1. The number of anilines is 1. The molecular weight excluding hydrogens is 412 g/mol. The first-order valence-corrected chi connectivity index (χ1v) is 10.4. The van der Waals surface area contributed by atoms with Crippen molar-refractivity contribution in [3.8, 4) is 0 Å². The van der Waals surface area contributed by atoms with E-state index in [0.717, 1.165) is 27.8 Å². The summed E-state index contributed by atoms with van der Waals surface area (Å²) in [6, 6.07) is 3.82. The molecule has 0 saturated carbocycles. The van der Waals surface area contributed by atoms with Gasteiger partial charge in [0.1, 0.15) is 22.8 Å². The molecule has 2 aromatic heterocycles. The number of fused-ring (bicyclic) bond motifs is 1. The summed E-state index contributed by atoms with van der Waals surface area (Å²) < 4.78 is 58.8. The zero-order chi connectivity index (χ0) is 19.9. The van der Waals surface area contributed by atoms with Gasteiger partial charge in [-0.1, -0.05) is 0 Å². The summed E-state index contributed by atoms with van der Waals surface area (Å²) in [6.07, 6.45) is 2.96. The number of aromatic nitrogens is 1. The number of nitrogens with zero attached hydrogens (tertiary/aromatic N) is 2. The third kappa shape index (κ3) is 3.43. The van der Waals surface area contributed by atoms with Crippen LogP contribution in [0.5, 0.6) is 0 Å². The van der Waals surface area contributed by atoms with Crippen LogP contribution in [0.25, 0.3) is 0 Å². The van der Waals surface area contributed by atoms with Crippen molar-refractivity contribution in [3.63, 3.8) is 0 Å². The van der Waals surface area contributed by atoms with Crippen LogP contribution in [-0.4, -0.2) is 30.2 Å². The Balaban J connectivity index is 1.56. The summed E-state index contributed by atoms with van der Waals surface area (Å²) in [4.78, 5) is 16.3. The second kappa shape index (κ2) is 7.08. The Morgan fingerprint density at radius 1 is 1.29 bits per heavy atom. The van der Waals surface area contributed by atoms with Crippen molar-refractivity contribution in [1.29, 1.82) is 0 Å². The maximum absolute atomic E-state index is 14.0. The van der Waals surface area contributed by atoms with Gasteiger partial charge in [0.25, 0.3) is 5.91 Å². The van der Waals surface area contributed by atoms with E-state index in [4.69, 9.17) is 4.42 Å². The lowest BCUT2D eigenvalue weighted by molar-refractivity contribution is 0.102. The number of carbonyl (C=O) groups excluding carboxylic acids is 1. The summed E-state index contributed by atoms with van der Waals surface area (Å²) in [5, 5.41) is 2.96. The minimum atomic E-state index is -4.21. The van der Waals surface area contributed by atoms with Crippen LogP contribution in [0.1, 0.15) is 20.9 Å². The van der Waals surface area contributed by atoms with E-state index in [9.17, 15) is 22.0 Å². The van der Waals surface area contributed by atoms with Gasteiger partial charge in [-0.2, -0.15) is 4.31 Å². The van der Waals surface area contributed by atoms with E-state index in [2.05, 4.69) is 10.3 Å². The molecule has 28 heavy (non-hydrogen) atoms. The van der Waals surface area contributed by atoms with Crippen molar-refractivity contribution in [2.24, 2.45) is 0 Å². The van der Waals surface area contributed by atoms with Gasteiger partial charge in [-0.05, 0) is 24.3 Å². The van der Waals surface area contributed by atoms with Crippen molar-refractivity contribution < 1.29 is 26.4 Å². The van der Waals surface area contributed by atoms with Crippen LogP contribution in [-0.2, 0) is 23.0 Å². The number of halogens is 2. The van der Waals surface area contributed by atoms with E-state index in [-0.39, 0.29) is 13.1 Å². The molecule has 0 bridgehead atoms. The Morgan fingerprint density at radius 2 is 2.11 bits per heavy atom. The first-order valence-electron chi connectivity index (χ1n) is 8.12. The number of hydrogen-bond acceptors (Lipinski definition) is 6. The lowest BCUT2D eigenvalue weighted by Gasteiger charge is -2.25. The van der Waals surface area contributed by atoms with Crippen molar-refractivity contribution >= 4 is 32.4 Å². The zero-order valence-electron chi connectivity index (χ0n) is 14.2. The number of hydrogen-bond donors (Lipinski definition) is 1. The molecule has 1 amide bonds. The molecule has 1 aliphatic heterocycles. The molecule has 7 nitrogen and oxygen atoms in total. The van der Waals surface area contributed by atoms with Gasteiger partial charge in [0.15, 0.2) is 5.13 Å². The summed E-state index contributed by atoms with van der Waals surface area (Å²) in [5.74, 6) is -2.24. The van der Waals surface area contributed by atoms with Crippen molar-refractivity contribution in [2.45, 2.75) is 17.9 Å². The van der Waals surface area contributed by atoms with Gasteiger partial charge >= 0.3 is 0 Å². The normalized spacial score (nSPS) is 14.6. The topological polar surface area (TPSA) is 92.5 Å². The summed E-state index contributed by atoms with van der Waals surface area (Å²) in [5.41, 5.74) is 0.998. The lowest BCUT2D eigenvalue weighted by atomic mass is 10.2. The highest BCUT2D eigenvalue weighted by molar-refractivity contribution is 7.89. The second-order valence-corrected chi connectivity index (χ2v) is 9.01. The van der Waals surface area contributed by atoms with E-state index < -0.39 is 32.5 Å². The molecule has 0 radical (unpaired) electrons. The Morgan fingerprint density at radius 3 is 2.86 bits per heavy atom. The predicted octanol–water partition coefficient (Wildman–Crippen LogP) is 3.01. The molecule has 3 heterocycles. The lowest BCUT2D eigenvalue weighted by Crippen LogP contribution is -2.36. The average Bonchev–Trinajstić information content (AvgIpc) is 3.32. The van der Waals surface area contributed by atoms with Crippen LogP contribution in [0.3, 0.4) is 0 Å². The molecule has 0 fully saturated rings. The van der Waals surface area contributed by atoms with Gasteiger partial charge < -0.3 is 4.42 Å². The summed E-state index contributed by atoms with van der Waals surface area (Å²) in [7, 11) is -4.21. The van der Waals surface area contributed by atoms with E-state index in [1.165, 1.54) is 18.6 Å². The summed E-state index contributed by atoms with van der Waals surface area (Å²) >= 11 is 1.14. The van der Waals surface area contributed by atoms with Gasteiger partial charge in [-0.25, -0.2) is 22.2 Å². The van der Waals surface area contributed by atoms with Crippen molar-refractivity contribution in [1.82, 2.24) is 9.29 Å². The van der Waals surface area contributed by atoms with Crippen LogP contribution in [0.4, 0.5) is 13.9 Å². The van der Waals surface area contributed by atoms with Crippen LogP contribution in [0.15, 0.2) is 46.1 Å². The number of thiazole rings is 1. The van der Waals surface area contributed by atoms with Crippen LogP contribution in [0, 0.1) is 11.6 Å². The average molecular weight is 425 g/mol. The molecule has 0 atom stereocenters. The fourth-order valence-electron chi connectivity index (χ4n) is 2.81. The largest absolute Gasteiger partial charge is 0.472 e. The molecule has 0 spiro atoms. The van der Waals surface area contributed by atoms with E-state index in [1.54, 1.807) is 0 Å². The molecule has 1 N–H and O–H groups in total. The van der Waals surface area contributed by atoms with Gasteiger partial charge in [0.2, 0.25) is 10.0 Å². The molecule has 1 aromatic carbocycles. The third-order valence-corrected chi connectivity index (χ3v) is 7.07. The SMILES string of the molecule is O=C(Nc1nc2c(s1)CN(S(=O)(=O)c1cc(F)ccc1F)CC2)c1ccoc1. The quantitative estimate of drug-likeness (QED) is 0.694. The molecular formula is C17H13F2N3O4S2. The Labute approximate surface area is 162 Å². The standard InChI is InChI=1S/C17H13F2N3O4S2/c18-11-1-2-12(19)15(7-11)28(24,25)22-5-3-13-14(8-22)27-17(20-13)21-16(23)10-4-6-26-9-10/h1-2,4,6-7,9H,3,5,8H2,(H,20,21,23). The minimum absolute atomic E-state index is 0.0349. The number of carbonyl (C=O) groups is 1. The summed E-state index contributed by atoms with van der Waals surface area (Å²) in [6.45, 7) is 0.0387. The molecule has 0 aliphatic carbocycles. The number of nitrogens with one attached hydrogen (secondary N) is 1. The molecule has 146 valence electrons. The van der Waals surface area contributed by atoms with Crippen LogP contribution in [0.2, 0.25) is 0 Å². The first kappa shape index (κ1) is 18.7. The Hall–Kier alpha value is -2.63. The Bertz CT molecular complexity index is 1140. The van der Waals surface area contributed by atoms with Gasteiger partial charge in [-0.15, -0.1) is 11.3 Å². The van der Waals surface area contributed by atoms with Crippen molar-refractivity contribution in [2.75, 3.05) is 11.9 Å². The fourth-order valence-corrected chi connectivity index (χ4v) is 5.39. The number of rotatable bonds is 4. The number of sulfonamides is 1. The minimum Gasteiger partial charge on any atom is -0.472 e. The fraction of sp³-hybridized carbons (Fsp3) is 0.176. The second-order valence-electron chi connectivity index (χ2n) is 6.02. The number of amides is 1. The monoisotopic (exact) mass is 425 g/mol. The van der Waals surface area contributed by atoms with Gasteiger partial charge in [0, 0.05) is 17.8 Å². The van der Waals surface area contributed by atoms with Crippen molar-refractivity contribution in [3.05, 3.63) is 64.6 Å². The number of benzene rings is 1. The van der Waals surface area contributed by atoms with Crippen LogP contribution >= 0.6 is 11.3 Å². The predicted molar refractivity (Wildman–Crippen MR) is 96.4 cm³/mol. The smallest absolute Gasteiger partial charge is 0.260 e. The van der Waals surface area contributed by atoms with Gasteiger partial charge in [-0.3, -0.25) is 10.1 Å².